The summed E-state index contributed by atoms with van der Waals surface area (Å²) in [6, 6.07) is 3.73. The van der Waals surface area contributed by atoms with Crippen LogP contribution in [0.15, 0.2) is 18.3 Å². The number of aliphatic hydroxyl groups excluding tert-OH is 1. The zero-order valence-corrected chi connectivity index (χ0v) is 12.7. The van der Waals surface area contributed by atoms with Crippen LogP contribution in [0.5, 0.6) is 0 Å². The van der Waals surface area contributed by atoms with E-state index in [0.717, 1.165) is 38.2 Å². The standard InChI is InChI=1S/C15H20ClN3O2/c16-12-2-3-13(17-10-12)19-7-5-15(11-19)4-1-6-18(8-9-20)14(15)21/h2-3,10,20H,1,4-9,11H2/t15-/m1/s1. The Bertz CT molecular complexity index is 520. The zero-order valence-electron chi connectivity index (χ0n) is 12.0. The van der Waals surface area contributed by atoms with Crippen LogP contribution < -0.4 is 4.90 Å². The number of piperidine rings is 1. The first kappa shape index (κ1) is 14.6. The number of aromatic nitrogens is 1. The van der Waals surface area contributed by atoms with Crippen molar-refractivity contribution in [2.24, 2.45) is 5.41 Å². The monoisotopic (exact) mass is 309 g/mol. The number of carbonyl (C=O) groups is 1. The van der Waals surface area contributed by atoms with Gasteiger partial charge in [0.2, 0.25) is 5.91 Å². The lowest BCUT2D eigenvalue weighted by atomic mass is 9.78. The molecular weight excluding hydrogens is 290 g/mol. The lowest BCUT2D eigenvalue weighted by Crippen LogP contribution is -2.50. The number of hydrogen-bond acceptors (Lipinski definition) is 4. The highest BCUT2D eigenvalue weighted by atomic mass is 35.5. The van der Waals surface area contributed by atoms with E-state index in [1.807, 2.05) is 17.0 Å². The van der Waals surface area contributed by atoms with Crippen LogP contribution in [0.25, 0.3) is 0 Å². The van der Waals surface area contributed by atoms with Crippen molar-refractivity contribution in [1.82, 2.24) is 9.88 Å². The van der Waals surface area contributed by atoms with Crippen LogP contribution in [0, 0.1) is 5.41 Å². The predicted molar refractivity (Wildman–Crippen MR) is 81.4 cm³/mol. The first-order valence-corrected chi connectivity index (χ1v) is 7.79. The summed E-state index contributed by atoms with van der Waals surface area (Å²) in [5, 5.41) is 9.72. The molecule has 1 aromatic heterocycles. The number of halogens is 1. The van der Waals surface area contributed by atoms with Crippen molar-refractivity contribution in [3.63, 3.8) is 0 Å². The second-order valence-electron chi connectivity index (χ2n) is 5.91. The van der Waals surface area contributed by atoms with E-state index < -0.39 is 0 Å². The van der Waals surface area contributed by atoms with E-state index in [-0.39, 0.29) is 17.9 Å². The third kappa shape index (κ3) is 2.72. The Kier molecular flexibility index (Phi) is 4.04. The van der Waals surface area contributed by atoms with Crippen LogP contribution in [0.2, 0.25) is 5.02 Å². The summed E-state index contributed by atoms with van der Waals surface area (Å²) in [4.78, 5) is 21.0. The molecule has 0 aromatic carbocycles. The van der Waals surface area contributed by atoms with Gasteiger partial charge >= 0.3 is 0 Å². The van der Waals surface area contributed by atoms with Crippen molar-refractivity contribution < 1.29 is 9.90 Å². The van der Waals surface area contributed by atoms with Crippen molar-refractivity contribution in [3.05, 3.63) is 23.4 Å². The molecular formula is C15H20ClN3O2. The summed E-state index contributed by atoms with van der Waals surface area (Å²) in [5.74, 6) is 1.07. The van der Waals surface area contributed by atoms with Crippen LogP contribution in [-0.4, -0.2) is 53.7 Å². The fraction of sp³-hybridized carbons (Fsp3) is 0.600. The average molecular weight is 310 g/mol. The molecule has 1 atom stereocenters. The maximum atomic E-state index is 12.7. The molecule has 3 rings (SSSR count). The van der Waals surface area contributed by atoms with E-state index in [1.54, 1.807) is 6.20 Å². The van der Waals surface area contributed by atoms with Crippen molar-refractivity contribution in [1.29, 1.82) is 0 Å². The van der Waals surface area contributed by atoms with Crippen molar-refractivity contribution in [2.75, 3.05) is 37.7 Å². The number of aliphatic hydroxyl groups is 1. The molecule has 0 aliphatic carbocycles. The highest BCUT2D eigenvalue weighted by Gasteiger charge is 2.48. The Morgan fingerprint density at radius 1 is 1.33 bits per heavy atom. The smallest absolute Gasteiger partial charge is 0.230 e. The first-order chi connectivity index (χ1) is 10.1. The van der Waals surface area contributed by atoms with Gasteiger partial charge in [0, 0.05) is 32.4 Å². The van der Waals surface area contributed by atoms with Gasteiger partial charge in [-0.15, -0.1) is 0 Å². The molecule has 0 bridgehead atoms. The van der Waals surface area contributed by atoms with Gasteiger partial charge in [0.1, 0.15) is 5.82 Å². The fourth-order valence-corrected chi connectivity index (χ4v) is 3.60. The first-order valence-electron chi connectivity index (χ1n) is 7.41. The Labute approximate surface area is 129 Å². The number of nitrogens with zero attached hydrogens (tertiary/aromatic N) is 3. The van der Waals surface area contributed by atoms with Crippen LogP contribution in [0.1, 0.15) is 19.3 Å². The van der Waals surface area contributed by atoms with E-state index in [4.69, 9.17) is 16.7 Å². The summed E-state index contributed by atoms with van der Waals surface area (Å²) in [6.45, 7) is 2.79. The van der Waals surface area contributed by atoms with E-state index >= 15 is 0 Å². The second-order valence-corrected chi connectivity index (χ2v) is 6.34. The number of amides is 1. The van der Waals surface area contributed by atoms with Gasteiger partial charge in [0.15, 0.2) is 0 Å². The molecule has 0 unspecified atom stereocenters. The van der Waals surface area contributed by atoms with E-state index in [1.165, 1.54) is 0 Å². The van der Waals surface area contributed by atoms with Gasteiger partial charge in [-0.05, 0) is 31.4 Å². The highest BCUT2D eigenvalue weighted by Crippen LogP contribution is 2.41. The zero-order chi connectivity index (χ0) is 14.9. The normalized spacial score (nSPS) is 25.9. The summed E-state index contributed by atoms with van der Waals surface area (Å²) >= 11 is 5.87. The molecule has 2 aliphatic heterocycles. The van der Waals surface area contributed by atoms with Crippen molar-refractivity contribution in [3.8, 4) is 0 Å². The van der Waals surface area contributed by atoms with Crippen LogP contribution in [0.3, 0.4) is 0 Å². The molecule has 1 amide bonds. The quantitative estimate of drug-likeness (QED) is 0.920. The van der Waals surface area contributed by atoms with Crippen molar-refractivity contribution >= 4 is 23.3 Å². The predicted octanol–water partition coefficient (Wildman–Crippen LogP) is 1.55. The van der Waals surface area contributed by atoms with E-state index in [9.17, 15) is 4.79 Å². The molecule has 1 N–H and O–H groups in total. The Hall–Kier alpha value is -1.33. The topological polar surface area (TPSA) is 56.7 Å². The van der Waals surface area contributed by atoms with E-state index in [2.05, 4.69) is 9.88 Å². The number of anilines is 1. The summed E-state index contributed by atoms with van der Waals surface area (Å²) in [7, 11) is 0. The third-order valence-electron chi connectivity index (χ3n) is 4.58. The van der Waals surface area contributed by atoms with Crippen LogP contribution in [0.4, 0.5) is 5.82 Å². The van der Waals surface area contributed by atoms with Gasteiger partial charge in [-0.1, -0.05) is 11.6 Å². The number of hydrogen-bond donors (Lipinski definition) is 1. The van der Waals surface area contributed by atoms with Gasteiger partial charge in [-0.2, -0.15) is 0 Å². The van der Waals surface area contributed by atoms with E-state index in [0.29, 0.717) is 18.1 Å². The van der Waals surface area contributed by atoms with Gasteiger partial charge in [-0.25, -0.2) is 4.98 Å². The molecule has 0 radical (unpaired) electrons. The molecule has 21 heavy (non-hydrogen) atoms. The largest absolute Gasteiger partial charge is 0.395 e. The second kappa shape index (κ2) is 5.81. The molecule has 2 fully saturated rings. The molecule has 6 heteroatoms. The van der Waals surface area contributed by atoms with Crippen LogP contribution in [-0.2, 0) is 4.79 Å². The lowest BCUT2D eigenvalue weighted by molar-refractivity contribution is -0.145. The maximum absolute atomic E-state index is 12.7. The molecule has 1 spiro atoms. The minimum Gasteiger partial charge on any atom is -0.395 e. The third-order valence-corrected chi connectivity index (χ3v) is 4.81. The molecule has 114 valence electrons. The molecule has 2 saturated heterocycles. The number of likely N-dealkylation sites (tertiary alicyclic amines) is 1. The number of rotatable bonds is 3. The van der Waals surface area contributed by atoms with Gasteiger partial charge in [0.05, 0.1) is 17.0 Å². The fourth-order valence-electron chi connectivity index (χ4n) is 3.49. The Morgan fingerprint density at radius 3 is 2.90 bits per heavy atom. The van der Waals surface area contributed by atoms with Gasteiger partial charge in [0.25, 0.3) is 0 Å². The summed E-state index contributed by atoms with van der Waals surface area (Å²) in [6.07, 6.45) is 4.44. The molecule has 0 saturated carbocycles. The SMILES string of the molecule is O=C1N(CCO)CCC[C@]12CCN(c1ccc(Cl)cn1)C2. The average Bonchev–Trinajstić information content (AvgIpc) is 2.90. The Balaban J connectivity index is 1.75. The van der Waals surface area contributed by atoms with Gasteiger partial charge < -0.3 is 14.9 Å². The number of carbonyl (C=O) groups excluding carboxylic acids is 1. The van der Waals surface area contributed by atoms with Crippen LogP contribution >= 0.6 is 11.6 Å². The van der Waals surface area contributed by atoms with Gasteiger partial charge in [-0.3, -0.25) is 4.79 Å². The number of pyridine rings is 1. The molecule has 5 nitrogen and oxygen atoms in total. The highest BCUT2D eigenvalue weighted by molar-refractivity contribution is 6.30. The summed E-state index contributed by atoms with van der Waals surface area (Å²) in [5.41, 5.74) is -0.297. The molecule has 2 aliphatic rings. The molecule has 1 aromatic rings. The number of β-amino-alcohol motifs (C(OH)–C–C–N with tert-alkyl or cyclic N) is 1. The maximum Gasteiger partial charge on any atom is 0.230 e. The lowest BCUT2D eigenvalue weighted by Gasteiger charge is -2.39. The summed E-state index contributed by atoms with van der Waals surface area (Å²) < 4.78 is 0. The minimum atomic E-state index is -0.297. The Morgan fingerprint density at radius 2 is 2.19 bits per heavy atom. The van der Waals surface area contributed by atoms with Crippen molar-refractivity contribution in [2.45, 2.75) is 19.3 Å². The minimum absolute atomic E-state index is 0.0320. The molecule has 3 heterocycles.